The highest BCUT2D eigenvalue weighted by molar-refractivity contribution is 8.00. The summed E-state index contributed by atoms with van der Waals surface area (Å²) >= 11 is 1.45. The zero-order valence-electron chi connectivity index (χ0n) is 13.2. The summed E-state index contributed by atoms with van der Waals surface area (Å²) in [7, 11) is 0. The zero-order chi connectivity index (χ0) is 16.1. The molecule has 0 radical (unpaired) electrons. The number of imidazole rings is 1. The molecule has 0 spiro atoms. The Balaban J connectivity index is 2.19. The number of aryl methyl sites for hydroxylation is 2. The maximum atomic E-state index is 12.0. The molecule has 1 atom stereocenters. The molecule has 1 aromatic heterocycles. The molecule has 116 valence electrons. The van der Waals surface area contributed by atoms with E-state index in [4.69, 9.17) is 0 Å². The van der Waals surface area contributed by atoms with E-state index < -0.39 is 0 Å². The Morgan fingerprint density at radius 3 is 2.73 bits per heavy atom. The number of thioether (sulfide) groups is 1. The van der Waals surface area contributed by atoms with Gasteiger partial charge in [-0.15, -0.1) is 6.58 Å². The quantitative estimate of drug-likeness (QED) is 0.657. The van der Waals surface area contributed by atoms with Crippen LogP contribution in [0.15, 0.2) is 48.4 Å². The van der Waals surface area contributed by atoms with Crippen molar-refractivity contribution in [3.05, 3.63) is 54.4 Å². The fourth-order valence-electron chi connectivity index (χ4n) is 2.19. The molecular formula is C17H21N3OS. The monoisotopic (exact) mass is 315 g/mol. The van der Waals surface area contributed by atoms with Crippen LogP contribution in [0.5, 0.6) is 0 Å². The first-order chi connectivity index (χ1) is 10.5. The van der Waals surface area contributed by atoms with E-state index in [1.807, 2.05) is 17.7 Å². The molecule has 0 fully saturated rings. The van der Waals surface area contributed by atoms with Gasteiger partial charge in [0.2, 0.25) is 5.91 Å². The third kappa shape index (κ3) is 4.01. The Labute approximate surface area is 135 Å². The van der Waals surface area contributed by atoms with Gasteiger partial charge >= 0.3 is 0 Å². The molecule has 0 aliphatic heterocycles. The smallest absolute Gasteiger partial charge is 0.233 e. The number of rotatable bonds is 6. The molecule has 22 heavy (non-hydrogen) atoms. The van der Waals surface area contributed by atoms with Crippen molar-refractivity contribution >= 4 is 17.7 Å². The highest BCUT2D eigenvalue weighted by Crippen LogP contribution is 2.25. The first-order valence-corrected chi connectivity index (χ1v) is 8.06. The predicted molar refractivity (Wildman–Crippen MR) is 91.6 cm³/mol. The second-order valence-electron chi connectivity index (χ2n) is 5.22. The van der Waals surface area contributed by atoms with Crippen molar-refractivity contribution in [2.24, 2.45) is 0 Å². The average molecular weight is 315 g/mol. The van der Waals surface area contributed by atoms with E-state index in [-0.39, 0.29) is 11.2 Å². The van der Waals surface area contributed by atoms with E-state index in [0.717, 1.165) is 10.8 Å². The van der Waals surface area contributed by atoms with Gasteiger partial charge in [0.25, 0.3) is 0 Å². The van der Waals surface area contributed by atoms with Crippen LogP contribution in [0.3, 0.4) is 0 Å². The maximum absolute atomic E-state index is 12.0. The largest absolute Gasteiger partial charge is 0.352 e. The van der Waals surface area contributed by atoms with E-state index in [1.165, 1.54) is 22.9 Å². The SMILES string of the molecule is C=CCNC(=O)C(C)Sc1nccn1-c1cc(C)cc(C)c1. The van der Waals surface area contributed by atoms with Gasteiger partial charge in [0.05, 0.1) is 5.25 Å². The molecule has 0 saturated carbocycles. The van der Waals surface area contributed by atoms with Crippen molar-refractivity contribution in [2.75, 3.05) is 6.54 Å². The van der Waals surface area contributed by atoms with Crippen LogP contribution in [0.1, 0.15) is 18.1 Å². The van der Waals surface area contributed by atoms with Crippen LogP contribution in [-0.4, -0.2) is 27.3 Å². The van der Waals surface area contributed by atoms with E-state index in [2.05, 4.69) is 48.9 Å². The lowest BCUT2D eigenvalue weighted by Gasteiger charge is -2.13. The first-order valence-electron chi connectivity index (χ1n) is 7.18. The highest BCUT2D eigenvalue weighted by atomic mass is 32.2. The molecular weight excluding hydrogens is 294 g/mol. The van der Waals surface area contributed by atoms with Crippen molar-refractivity contribution in [1.29, 1.82) is 0 Å². The van der Waals surface area contributed by atoms with E-state index in [9.17, 15) is 4.79 Å². The second-order valence-corrected chi connectivity index (χ2v) is 6.53. The van der Waals surface area contributed by atoms with Crippen LogP contribution in [0, 0.1) is 13.8 Å². The number of hydrogen-bond donors (Lipinski definition) is 1. The van der Waals surface area contributed by atoms with Crippen LogP contribution in [0.25, 0.3) is 5.69 Å². The minimum absolute atomic E-state index is 0.0140. The Morgan fingerprint density at radius 1 is 1.41 bits per heavy atom. The van der Waals surface area contributed by atoms with Gasteiger partial charge in [-0.1, -0.05) is 23.9 Å². The minimum Gasteiger partial charge on any atom is -0.352 e. The molecule has 1 N–H and O–H groups in total. The second kappa shape index (κ2) is 7.31. The number of benzene rings is 1. The first kappa shape index (κ1) is 16.4. The lowest BCUT2D eigenvalue weighted by molar-refractivity contribution is -0.120. The zero-order valence-corrected chi connectivity index (χ0v) is 14.0. The fourth-order valence-corrected chi connectivity index (χ4v) is 3.10. The minimum atomic E-state index is -0.216. The number of amides is 1. The van der Waals surface area contributed by atoms with Gasteiger partial charge < -0.3 is 5.32 Å². The lowest BCUT2D eigenvalue weighted by Crippen LogP contribution is -2.31. The maximum Gasteiger partial charge on any atom is 0.233 e. The third-order valence-electron chi connectivity index (χ3n) is 3.16. The lowest BCUT2D eigenvalue weighted by atomic mass is 10.1. The van der Waals surface area contributed by atoms with Crippen LogP contribution < -0.4 is 5.32 Å². The van der Waals surface area contributed by atoms with Crippen molar-refractivity contribution in [3.63, 3.8) is 0 Å². The predicted octanol–water partition coefficient (Wildman–Crippen LogP) is 3.27. The van der Waals surface area contributed by atoms with Crippen LogP contribution in [0.2, 0.25) is 0 Å². The van der Waals surface area contributed by atoms with Gasteiger partial charge in [-0.25, -0.2) is 4.98 Å². The van der Waals surface area contributed by atoms with Gasteiger partial charge in [0, 0.05) is 24.6 Å². The summed E-state index contributed by atoms with van der Waals surface area (Å²) in [5, 5.41) is 3.40. The van der Waals surface area contributed by atoms with E-state index >= 15 is 0 Å². The van der Waals surface area contributed by atoms with Crippen LogP contribution in [-0.2, 0) is 4.79 Å². The number of nitrogens with one attached hydrogen (secondary N) is 1. The standard InChI is InChI=1S/C17H21N3OS/c1-5-6-18-16(21)14(4)22-17-19-7-8-20(17)15-10-12(2)9-13(3)11-15/h5,7-11,14H,1,6H2,2-4H3,(H,18,21). The number of nitrogens with zero attached hydrogens (tertiary/aromatic N) is 2. The normalized spacial score (nSPS) is 12.0. The molecule has 0 aliphatic carbocycles. The molecule has 4 nitrogen and oxygen atoms in total. The van der Waals surface area contributed by atoms with Crippen molar-refractivity contribution in [3.8, 4) is 5.69 Å². The number of hydrogen-bond acceptors (Lipinski definition) is 3. The summed E-state index contributed by atoms with van der Waals surface area (Å²) in [5.41, 5.74) is 3.48. The third-order valence-corrected chi connectivity index (χ3v) is 4.24. The highest BCUT2D eigenvalue weighted by Gasteiger charge is 2.17. The Morgan fingerprint density at radius 2 is 2.09 bits per heavy atom. The summed E-state index contributed by atoms with van der Waals surface area (Å²) in [6.07, 6.45) is 5.35. The molecule has 0 saturated heterocycles. The van der Waals surface area contributed by atoms with Crippen molar-refractivity contribution < 1.29 is 4.79 Å². The molecule has 0 bridgehead atoms. The molecule has 1 amide bonds. The van der Waals surface area contributed by atoms with Crippen LogP contribution in [0.4, 0.5) is 0 Å². The van der Waals surface area contributed by atoms with Gasteiger partial charge in [-0.2, -0.15) is 0 Å². The van der Waals surface area contributed by atoms with E-state index in [1.54, 1.807) is 12.3 Å². The number of carbonyl (C=O) groups excluding carboxylic acids is 1. The number of aromatic nitrogens is 2. The van der Waals surface area contributed by atoms with Gasteiger partial charge in [0.1, 0.15) is 0 Å². The fraction of sp³-hybridized carbons (Fsp3) is 0.294. The molecule has 1 heterocycles. The van der Waals surface area contributed by atoms with Gasteiger partial charge in [0.15, 0.2) is 5.16 Å². The molecule has 0 aliphatic rings. The molecule has 5 heteroatoms. The summed E-state index contributed by atoms with van der Waals surface area (Å²) in [5.74, 6) is -0.0140. The van der Waals surface area contributed by atoms with Gasteiger partial charge in [-0.05, 0) is 44.0 Å². The Bertz CT molecular complexity index is 658. The average Bonchev–Trinajstić information content (AvgIpc) is 2.91. The molecule has 2 aromatic rings. The van der Waals surface area contributed by atoms with E-state index in [0.29, 0.717) is 6.54 Å². The van der Waals surface area contributed by atoms with Crippen molar-refractivity contribution in [1.82, 2.24) is 14.9 Å². The van der Waals surface area contributed by atoms with Crippen LogP contribution >= 0.6 is 11.8 Å². The Kier molecular flexibility index (Phi) is 5.44. The summed E-state index contributed by atoms with van der Waals surface area (Å²) < 4.78 is 2.02. The molecule has 1 aromatic carbocycles. The Hall–Kier alpha value is -2.01. The molecule has 1 unspecified atom stereocenters. The number of carbonyl (C=O) groups is 1. The topological polar surface area (TPSA) is 46.9 Å². The molecule has 2 rings (SSSR count). The summed E-state index contributed by atoms with van der Waals surface area (Å²) in [6, 6.07) is 6.36. The summed E-state index contributed by atoms with van der Waals surface area (Å²) in [6.45, 7) is 10.1. The van der Waals surface area contributed by atoms with Gasteiger partial charge in [-0.3, -0.25) is 9.36 Å². The van der Waals surface area contributed by atoms with Crippen molar-refractivity contribution in [2.45, 2.75) is 31.2 Å². The summed E-state index contributed by atoms with van der Waals surface area (Å²) in [4.78, 5) is 16.3.